The molecule has 0 atom stereocenters. The Morgan fingerprint density at radius 3 is 1.43 bits per heavy atom. The molecule has 40 heavy (non-hydrogen) atoms. The van der Waals surface area contributed by atoms with E-state index in [1.807, 2.05) is 12.2 Å². The molecule has 0 N–H and O–H groups in total. The Bertz CT molecular complexity index is 1660. The van der Waals surface area contributed by atoms with E-state index in [2.05, 4.69) is 123 Å². The van der Waals surface area contributed by atoms with Gasteiger partial charge < -0.3 is 24.8 Å². The van der Waals surface area contributed by atoms with E-state index in [4.69, 9.17) is 0 Å². The Hall–Kier alpha value is -2.83. The summed E-state index contributed by atoms with van der Waals surface area (Å²) in [5.41, 5.74) is 10.8. The Kier molecular flexibility index (Phi) is 9.96. The number of fused-ring (bicyclic) bond motifs is 10. The molecule has 0 saturated carbocycles. The van der Waals surface area contributed by atoms with Crippen LogP contribution in [0.3, 0.4) is 0 Å². The van der Waals surface area contributed by atoms with Gasteiger partial charge in [0.2, 0.25) is 0 Å². The summed E-state index contributed by atoms with van der Waals surface area (Å²) in [4.78, 5) is 0. The van der Waals surface area contributed by atoms with E-state index in [-0.39, 0.29) is 24.8 Å². The van der Waals surface area contributed by atoms with E-state index in [1.165, 1.54) is 69.3 Å². The fraction of sp³-hybridized carbons (Fsp3) is 0.108. The van der Waals surface area contributed by atoms with Gasteiger partial charge in [-0.2, -0.15) is 24.3 Å². The quantitative estimate of drug-likeness (QED) is 0.261. The zero-order valence-corrected chi connectivity index (χ0v) is 26.5. The molecule has 0 bridgehead atoms. The summed E-state index contributed by atoms with van der Waals surface area (Å²) < 4.78 is 1.51. The Morgan fingerprint density at radius 1 is 0.600 bits per heavy atom. The van der Waals surface area contributed by atoms with E-state index < -0.39 is 0 Å². The first-order chi connectivity index (χ1) is 18.6. The molecule has 0 saturated heterocycles. The first kappa shape index (κ1) is 30.1. The maximum absolute atomic E-state index is 3.37. The van der Waals surface area contributed by atoms with Crippen LogP contribution in [0.5, 0.6) is 0 Å². The molecule has 0 fully saturated rings. The van der Waals surface area contributed by atoms with Crippen LogP contribution < -0.4 is 24.8 Å². The number of benzene rings is 4. The monoisotopic (exact) mass is 632 g/mol. The van der Waals surface area contributed by atoms with Crippen LogP contribution in [0.25, 0.3) is 32.7 Å². The van der Waals surface area contributed by atoms with Crippen LogP contribution in [-0.4, -0.2) is 3.21 Å². The van der Waals surface area contributed by atoms with Crippen molar-refractivity contribution in [1.29, 1.82) is 0 Å². The van der Waals surface area contributed by atoms with E-state index >= 15 is 0 Å². The summed E-state index contributed by atoms with van der Waals surface area (Å²) in [5.74, 6) is 0. The largest absolute Gasteiger partial charge is 1.00 e. The van der Waals surface area contributed by atoms with Crippen molar-refractivity contribution in [1.82, 2.24) is 0 Å². The average molecular weight is 635 g/mol. The van der Waals surface area contributed by atoms with Crippen LogP contribution in [-0.2, 0) is 37.1 Å². The zero-order valence-electron chi connectivity index (χ0n) is 22.6. The summed E-state index contributed by atoms with van der Waals surface area (Å²) in [6, 6.07) is 26.1. The van der Waals surface area contributed by atoms with E-state index in [0.717, 1.165) is 12.8 Å². The second kappa shape index (κ2) is 13.2. The van der Waals surface area contributed by atoms with Crippen molar-refractivity contribution in [3.8, 4) is 0 Å². The van der Waals surface area contributed by atoms with Gasteiger partial charge in [0, 0.05) is 0 Å². The van der Waals surface area contributed by atoms with E-state index in [9.17, 15) is 0 Å². The predicted molar refractivity (Wildman–Crippen MR) is 159 cm³/mol. The van der Waals surface area contributed by atoms with Crippen LogP contribution in [0.2, 0.25) is 0 Å². The van der Waals surface area contributed by atoms with Gasteiger partial charge in [-0.3, -0.25) is 0 Å². The molecule has 4 aromatic carbocycles. The molecule has 0 nitrogen and oxygen atoms in total. The molecule has 0 heterocycles. The smallest absolute Gasteiger partial charge is 0.0263 e. The van der Waals surface area contributed by atoms with Crippen LogP contribution in [0.15, 0.2) is 120 Å². The molecular weight excluding hydrogens is 607 g/mol. The Balaban J connectivity index is 0.000000157. The molecule has 3 heteroatoms. The maximum Gasteiger partial charge on any atom is -0.0263 e. The van der Waals surface area contributed by atoms with E-state index in [1.54, 1.807) is 24.2 Å². The van der Waals surface area contributed by atoms with Crippen molar-refractivity contribution in [3.05, 3.63) is 155 Å². The van der Waals surface area contributed by atoms with Crippen LogP contribution in [0.1, 0.15) is 36.1 Å². The number of hydrogen-bond acceptors (Lipinski definition) is 0. The molecule has 0 aliphatic heterocycles. The third-order valence-corrected chi connectivity index (χ3v) is 7.17. The molecule has 4 aliphatic carbocycles. The minimum Gasteiger partial charge on any atom is -1.00 e. The Labute approximate surface area is 264 Å². The molecule has 0 unspecified atom stereocenters. The number of allylic oxidation sites excluding steroid dienone is 12. The van der Waals surface area contributed by atoms with Gasteiger partial charge in [0.1, 0.15) is 0 Å². The molecule has 4 aromatic rings. The number of hydrogen-bond donors (Lipinski definition) is 0. The summed E-state index contributed by atoms with van der Waals surface area (Å²) >= 11 is 1.55. The normalized spacial score (nSPS) is 14.7. The van der Waals surface area contributed by atoms with Gasteiger partial charge in [0.15, 0.2) is 0 Å². The van der Waals surface area contributed by atoms with Crippen molar-refractivity contribution in [2.45, 2.75) is 26.7 Å². The summed E-state index contributed by atoms with van der Waals surface area (Å²) in [7, 11) is 0. The van der Waals surface area contributed by atoms with Gasteiger partial charge in [-0.15, -0.1) is 46.6 Å². The third-order valence-electron chi connectivity index (χ3n) is 7.17. The van der Waals surface area contributed by atoms with Crippen LogP contribution >= 0.6 is 0 Å². The van der Waals surface area contributed by atoms with Crippen molar-refractivity contribution in [2.24, 2.45) is 0 Å². The van der Waals surface area contributed by atoms with Crippen molar-refractivity contribution in [3.63, 3.8) is 0 Å². The number of halogens is 2. The second-order valence-corrected chi connectivity index (χ2v) is 12.5. The van der Waals surface area contributed by atoms with Gasteiger partial charge in [-0.05, 0) is 23.6 Å². The SMILES string of the molecule is C[C](C)=[Zr+2].[C-]1=C2C(=CCc3ccc4ccccc4c32)C=C1.[C-]1=C2C(=CCc3ccc4ccccc4c32)C=C1.[Cl-].[Cl-]. The van der Waals surface area contributed by atoms with Gasteiger partial charge in [-0.25, -0.2) is 0 Å². The molecule has 0 amide bonds. The fourth-order valence-corrected chi connectivity index (χ4v) is 5.54. The van der Waals surface area contributed by atoms with E-state index in [0.29, 0.717) is 0 Å². The molecule has 0 radical (unpaired) electrons. The van der Waals surface area contributed by atoms with Crippen LogP contribution in [0.4, 0.5) is 0 Å². The van der Waals surface area contributed by atoms with Crippen molar-refractivity contribution >= 4 is 35.9 Å². The average Bonchev–Trinajstić information content (AvgIpc) is 3.62. The molecular formula is C37H28Cl2Zr-2. The van der Waals surface area contributed by atoms with Gasteiger partial charge in [0.05, 0.1) is 0 Å². The fourth-order valence-electron chi connectivity index (χ4n) is 5.54. The predicted octanol–water partition coefficient (Wildman–Crippen LogP) is 2.91. The first-order valence-electron chi connectivity index (χ1n) is 13.1. The minimum atomic E-state index is 0. The van der Waals surface area contributed by atoms with Crippen molar-refractivity contribution in [2.75, 3.05) is 0 Å². The number of rotatable bonds is 0. The molecule has 0 spiro atoms. The first-order valence-corrected chi connectivity index (χ1v) is 14.4. The van der Waals surface area contributed by atoms with Gasteiger partial charge in [0.25, 0.3) is 0 Å². The molecule has 0 aromatic heterocycles. The summed E-state index contributed by atoms with van der Waals surface area (Å²) in [6.45, 7) is 4.25. The van der Waals surface area contributed by atoms with Crippen molar-refractivity contribution < 1.29 is 49.0 Å². The summed E-state index contributed by atoms with van der Waals surface area (Å²) in [5, 5.41) is 5.33. The molecule has 196 valence electrons. The van der Waals surface area contributed by atoms with Gasteiger partial charge in [-0.1, -0.05) is 106 Å². The standard InChI is InChI=1S/2C17H11.C3H6.2ClH.Zr/c2*1-2-6-15-12(4-1)8-10-14-11-9-13-5-3-7-16(13)17(14)15;1-3-2;;;/h2*1-6,8-10H,11H2;1-2H3;2*1H;/q2*-1;;;;+2/p-2. The summed E-state index contributed by atoms with van der Waals surface area (Å²) in [6.07, 6.45) is 21.8. The Morgan fingerprint density at radius 2 is 1.00 bits per heavy atom. The zero-order chi connectivity index (χ0) is 26.1. The molecule has 4 aliphatic rings. The van der Waals surface area contributed by atoms with Crippen LogP contribution in [0, 0.1) is 12.2 Å². The molecule has 8 rings (SSSR count). The maximum atomic E-state index is 3.37. The minimum absolute atomic E-state index is 0. The topological polar surface area (TPSA) is 0 Å². The third kappa shape index (κ3) is 5.94. The second-order valence-electron chi connectivity index (χ2n) is 10.1. The van der Waals surface area contributed by atoms with Gasteiger partial charge >= 0.3 is 41.3 Å².